The molecule has 0 aliphatic rings. The first-order chi connectivity index (χ1) is 8.47. The second kappa shape index (κ2) is 5.19. The van der Waals surface area contributed by atoms with E-state index >= 15 is 0 Å². The van der Waals surface area contributed by atoms with Crippen molar-refractivity contribution in [2.24, 2.45) is 0 Å². The van der Waals surface area contributed by atoms with Crippen molar-refractivity contribution in [1.29, 1.82) is 0 Å². The monoisotopic (exact) mass is 300 g/mol. The van der Waals surface area contributed by atoms with Crippen LogP contribution in [-0.4, -0.2) is 11.1 Å². The molecule has 18 heavy (non-hydrogen) atoms. The number of benzene rings is 2. The summed E-state index contributed by atoms with van der Waals surface area (Å²) in [7, 11) is 0. The summed E-state index contributed by atoms with van der Waals surface area (Å²) < 4.78 is 0. The molecule has 2 rings (SSSR count). The zero-order valence-corrected chi connectivity index (χ0v) is 11.2. The lowest BCUT2D eigenvalue weighted by atomic mass is 10.0. The first-order valence-electron chi connectivity index (χ1n) is 4.96. The molecule has 92 valence electrons. The molecule has 2 aromatic rings. The third-order valence-corrected chi connectivity index (χ3v) is 3.16. The van der Waals surface area contributed by atoms with Gasteiger partial charge in [0.2, 0.25) is 0 Å². The highest BCUT2D eigenvalue weighted by molar-refractivity contribution is 6.35. The van der Waals surface area contributed by atoms with Gasteiger partial charge >= 0.3 is 5.97 Å². The molecule has 1 N–H and O–H groups in total. The molecule has 0 atom stereocenters. The van der Waals surface area contributed by atoms with E-state index in [1.54, 1.807) is 24.3 Å². The topological polar surface area (TPSA) is 37.3 Å². The normalized spacial score (nSPS) is 10.4. The van der Waals surface area contributed by atoms with E-state index in [4.69, 9.17) is 39.9 Å². The quantitative estimate of drug-likeness (QED) is 0.846. The number of hydrogen-bond donors (Lipinski definition) is 1. The number of halogens is 3. The van der Waals surface area contributed by atoms with E-state index < -0.39 is 5.97 Å². The summed E-state index contributed by atoms with van der Waals surface area (Å²) in [6, 6.07) is 9.78. The number of carboxylic acid groups (broad SMARTS) is 1. The Hall–Kier alpha value is -1.22. The molecule has 0 aromatic heterocycles. The molecule has 0 radical (unpaired) electrons. The van der Waals surface area contributed by atoms with Crippen molar-refractivity contribution >= 4 is 40.8 Å². The molecule has 0 unspecified atom stereocenters. The lowest BCUT2D eigenvalue weighted by molar-refractivity contribution is 0.0697. The summed E-state index contributed by atoms with van der Waals surface area (Å²) in [4.78, 5) is 11.0. The smallest absolute Gasteiger partial charge is 0.337 e. The third kappa shape index (κ3) is 2.78. The maximum atomic E-state index is 11.0. The van der Waals surface area contributed by atoms with Gasteiger partial charge in [0.1, 0.15) is 0 Å². The van der Waals surface area contributed by atoms with Crippen molar-refractivity contribution in [3.8, 4) is 11.1 Å². The zero-order chi connectivity index (χ0) is 13.3. The van der Waals surface area contributed by atoms with Crippen LogP contribution in [0.5, 0.6) is 0 Å². The first-order valence-corrected chi connectivity index (χ1v) is 6.10. The Morgan fingerprint density at radius 1 is 0.889 bits per heavy atom. The summed E-state index contributed by atoms with van der Waals surface area (Å²) in [6.07, 6.45) is 0. The first kappa shape index (κ1) is 13.2. The second-order valence-corrected chi connectivity index (χ2v) is 4.94. The Morgan fingerprint density at radius 2 is 1.50 bits per heavy atom. The molecule has 0 heterocycles. The van der Waals surface area contributed by atoms with Gasteiger partial charge in [0.25, 0.3) is 0 Å². The number of carboxylic acids is 1. The van der Waals surface area contributed by atoms with E-state index in [2.05, 4.69) is 0 Å². The molecule has 0 spiro atoms. The van der Waals surface area contributed by atoms with Gasteiger partial charge in [-0.2, -0.15) is 0 Å². The van der Waals surface area contributed by atoms with Crippen LogP contribution < -0.4 is 0 Å². The fraction of sp³-hybridized carbons (Fsp3) is 0. The lowest BCUT2D eigenvalue weighted by Crippen LogP contribution is -1.97. The average molecular weight is 302 g/mol. The van der Waals surface area contributed by atoms with Gasteiger partial charge in [0.15, 0.2) is 0 Å². The molecular weight excluding hydrogens is 294 g/mol. The Kier molecular flexibility index (Phi) is 3.81. The summed E-state index contributed by atoms with van der Waals surface area (Å²) >= 11 is 17.6. The highest BCUT2D eigenvalue weighted by Gasteiger charge is 2.10. The van der Waals surface area contributed by atoms with Crippen LogP contribution in [0.4, 0.5) is 0 Å². The standard InChI is InChI=1S/C13H7Cl3O2/c14-9-3-8(4-10(15)6-9)7-1-2-12(16)11(5-7)13(17)18/h1-6H,(H,17,18). The molecule has 5 heteroatoms. The molecule has 0 aliphatic heterocycles. The summed E-state index contributed by atoms with van der Waals surface area (Å²) in [5, 5.41) is 10.2. The number of aromatic carboxylic acids is 1. The molecule has 2 aromatic carbocycles. The van der Waals surface area contributed by atoms with Crippen LogP contribution in [-0.2, 0) is 0 Å². The molecule has 0 saturated carbocycles. The fourth-order valence-corrected chi connectivity index (χ4v) is 2.31. The highest BCUT2D eigenvalue weighted by Crippen LogP contribution is 2.29. The summed E-state index contributed by atoms with van der Waals surface area (Å²) in [6.45, 7) is 0. The number of rotatable bonds is 2. The number of carbonyl (C=O) groups is 1. The van der Waals surface area contributed by atoms with Crippen molar-refractivity contribution in [2.75, 3.05) is 0 Å². The minimum absolute atomic E-state index is 0.0465. The lowest BCUT2D eigenvalue weighted by Gasteiger charge is -2.06. The van der Waals surface area contributed by atoms with Crippen molar-refractivity contribution in [2.45, 2.75) is 0 Å². The van der Waals surface area contributed by atoms with E-state index in [9.17, 15) is 4.79 Å². The third-order valence-electron chi connectivity index (χ3n) is 2.39. The average Bonchev–Trinajstić information content (AvgIpc) is 2.27. The predicted molar refractivity (Wildman–Crippen MR) is 73.9 cm³/mol. The Morgan fingerprint density at radius 3 is 2.06 bits per heavy atom. The van der Waals surface area contributed by atoms with E-state index in [1.165, 1.54) is 12.1 Å². The Labute approximate surface area is 119 Å². The van der Waals surface area contributed by atoms with Gasteiger partial charge in [0, 0.05) is 10.0 Å². The van der Waals surface area contributed by atoms with E-state index in [0.717, 1.165) is 5.56 Å². The molecule has 0 bridgehead atoms. The molecule has 2 nitrogen and oxygen atoms in total. The van der Waals surface area contributed by atoms with Gasteiger partial charge in [-0.3, -0.25) is 0 Å². The van der Waals surface area contributed by atoms with Crippen LogP contribution in [0.3, 0.4) is 0 Å². The van der Waals surface area contributed by atoms with Gasteiger partial charge in [-0.25, -0.2) is 4.79 Å². The van der Waals surface area contributed by atoms with E-state index in [1.807, 2.05) is 0 Å². The van der Waals surface area contributed by atoms with Crippen LogP contribution in [0.2, 0.25) is 15.1 Å². The van der Waals surface area contributed by atoms with Crippen LogP contribution in [0.25, 0.3) is 11.1 Å². The van der Waals surface area contributed by atoms with Gasteiger partial charge in [0.05, 0.1) is 10.6 Å². The fourth-order valence-electron chi connectivity index (χ4n) is 1.59. The Balaban J connectivity index is 2.57. The van der Waals surface area contributed by atoms with Crippen molar-refractivity contribution in [3.05, 3.63) is 57.0 Å². The van der Waals surface area contributed by atoms with E-state index in [0.29, 0.717) is 15.6 Å². The maximum Gasteiger partial charge on any atom is 0.337 e. The maximum absolute atomic E-state index is 11.0. The van der Waals surface area contributed by atoms with Gasteiger partial charge in [-0.15, -0.1) is 0 Å². The molecule has 0 fully saturated rings. The van der Waals surface area contributed by atoms with Gasteiger partial charge in [-0.05, 0) is 41.5 Å². The highest BCUT2D eigenvalue weighted by atomic mass is 35.5. The minimum atomic E-state index is -1.07. The van der Waals surface area contributed by atoms with E-state index in [-0.39, 0.29) is 10.6 Å². The van der Waals surface area contributed by atoms with Crippen molar-refractivity contribution in [3.63, 3.8) is 0 Å². The Bertz CT molecular complexity index is 603. The second-order valence-electron chi connectivity index (χ2n) is 3.66. The zero-order valence-electron chi connectivity index (χ0n) is 8.95. The SMILES string of the molecule is O=C(O)c1cc(-c2cc(Cl)cc(Cl)c2)ccc1Cl. The van der Waals surface area contributed by atoms with Crippen LogP contribution in [0.1, 0.15) is 10.4 Å². The van der Waals surface area contributed by atoms with Gasteiger partial charge in [-0.1, -0.05) is 40.9 Å². The van der Waals surface area contributed by atoms with Crippen LogP contribution in [0.15, 0.2) is 36.4 Å². The molecular formula is C13H7Cl3O2. The number of hydrogen-bond acceptors (Lipinski definition) is 1. The van der Waals surface area contributed by atoms with Crippen LogP contribution >= 0.6 is 34.8 Å². The summed E-state index contributed by atoms with van der Waals surface area (Å²) in [5.41, 5.74) is 1.48. The predicted octanol–water partition coefficient (Wildman–Crippen LogP) is 5.01. The molecule has 0 aliphatic carbocycles. The molecule has 0 amide bonds. The van der Waals surface area contributed by atoms with Gasteiger partial charge < -0.3 is 5.11 Å². The van der Waals surface area contributed by atoms with Crippen molar-refractivity contribution in [1.82, 2.24) is 0 Å². The molecule has 0 saturated heterocycles. The largest absolute Gasteiger partial charge is 0.478 e. The summed E-state index contributed by atoms with van der Waals surface area (Å²) in [5.74, 6) is -1.07. The van der Waals surface area contributed by atoms with Crippen LogP contribution in [0, 0.1) is 0 Å². The minimum Gasteiger partial charge on any atom is -0.478 e. The van der Waals surface area contributed by atoms with Crippen molar-refractivity contribution < 1.29 is 9.90 Å².